The Morgan fingerprint density at radius 2 is 2.50 bits per heavy atom. The van der Waals surface area contributed by atoms with E-state index in [4.69, 9.17) is 9.84 Å². The molecule has 0 bridgehead atoms. The van der Waals surface area contributed by atoms with Crippen LogP contribution in [-0.4, -0.2) is 16.7 Å². The van der Waals surface area contributed by atoms with Crippen molar-refractivity contribution in [1.29, 1.82) is 0 Å². The van der Waals surface area contributed by atoms with Gasteiger partial charge in [0.15, 0.2) is 0 Å². The number of thiazole rings is 1. The van der Waals surface area contributed by atoms with Crippen LogP contribution in [0, 0.1) is 5.92 Å². The van der Waals surface area contributed by atoms with Gasteiger partial charge in [-0.3, -0.25) is 0 Å². The number of aliphatic hydroxyl groups is 1. The Hall–Kier alpha value is -0.450. The average molecular weight is 213 g/mol. The SMILES string of the molecule is CCOC(c1ncc(CO)s1)C1CC1. The van der Waals surface area contributed by atoms with Gasteiger partial charge in [0.05, 0.1) is 11.5 Å². The van der Waals surface area contributed by atoms with E-state index in [1.165, 1.54) is 12.8 Å². The summed E-state index contributed by atoms with van der Waals surface area (Å²) in [5.41, 5.74) is 0. The van der Waals surface area contributed by atoms with Gasteiger partial charge in [-0.1, -0.05) is 0 Å². The monoisotopic (exact) mass is 213 g/mol. The topological polar surface area (TPSA) is 42.4 Å². The van der Waals surface area contributed by atoms with Crippen molar-refractivity contribution in [3.05, 3.63) is 16.1 Å². The van der Waals surface area contributed by atoms with Crippen molar-refractivity contribution in [2.75, 3.05) is 6.61 Å². The number of aliphatic hydroxyl groups excluding tert-OH is 1. The van der Waals surface area contributed by atoms with E-state index < -0.39 is 0 Å². The van der Waals surface area contributed by atoms with Crippen molar-refractivity contribution in [2.24, 2.45) is 5.92 Å². The number of hydrogen-bond acceptors (Lipinski definition) is 4. The summed E-state index contributed by atoms with van der Waals surface area (Å²) >= 11 is 1.56. The van der Waals surface area contributed by atoms with Crippen LogP contribution >= 0.6 is 11.3 Å². The molecule has 1 heterocycles. The van der Waals surface area contributed by atoms with Crippen LogP contribution in [0.3, 0.4) is 0 Å². The Balaban J connectivity index is 2.08. The fourth-order valence-corrected chi connectivity index (χ4v) is 2.44. The molecule has 1 N–H and O–H groups in total. The maximum atomic E-state index is 8.95. The van der Waals surface area contributed by atoms with Crippen LogP contribution in [-0.2, 0) is 11.3 Å². The Kier molecular flexibility index (Phi) is 3.15. The average Bonchev–Trinajstić information content (AvgIpc) is 2.92. The first-order valence-corrected chi connectivity index (χ1v) is 5.83. The molecule has 1 aromatic heterocycles. The molecule has 0 aromatic carbocycles. The Morgan fingerprint density at radius 1 is 1.71 bits per heavy atom. The lowest BCUT2D eigenvalue weighted by molar-refractivity contribution is 0.0462. The van der Waals surface area contributed by atoms with E-state index in [1.807, 2.05) is 6.92 Å². The predicted molar refractivity (Wildman–Crippen MR) is 55.1 cm³/mol. The van der Waals surface area contributed by atoms with Crippen LogP contribution in [0.2, 0.25) is 0 Å². The van der Waals surface area contributed by atoms with Crippen molar-refractivity contribution in [1.82, 2.24) is 4.98 Å². The minimum Gasteiger partial charge on any atom is -0.391 e. The highest BCUT2D eigenvalue weighted by Gasteiger charge is 2.34. The molecule has 0 spiro atoms. The molecule has 1 saturated carbocycles. The van der Waals surface area contributed by atoms with Crippen molar-refractivity contribution in [3.63, 3.8) is 0 Å². The van der Waals surface area contributed by atoms with Gasteiger partial charge in [-0.2, -0.15) is 0 Å². The highest BCUT2D eigenvalue weighted by atomic mass is 32.1. The normalized spacial score (nSPS) is 18.4. The van der Waals surface area contributed by atoms with Gasteiger partial charge >= 0.3 is 0 Å². The van der Waals surface area contributed by atoms with Gasteiger partial charge in [-0.05, 0) is 25.7 Å². The second kappa shape index (κ2) is 4.38. The molecule has 1 aliphatic carbocycles. The standard InChI is InChI=1S/C10H15NO2S/c1-2-13-9(7-3-4-7)10-11-5-8(6-12)14-10/h5,7,9,12H,2-4,6H2,1H3. The molecule has 3 nitrogen and oxygen atoms in total. The zero-order valence-electron chi connectivity index (χ0n) is 8.27. The van der Waals surface area contributed by atoms with E-state index in [0.29, 0.717) is 5.92 Å². The summed E-state index contributed by atoms with van der Waals surface area (Å²) in [5, 5.41) is 9.97. The minimum atomic E-state index is 0.0845. The second-order valence-electron chi connectivity index (χ2n) is 3.54. The maximum absolute atomic E-state index is 8.95. The van der Waals surface area contributed by atoms with Gasteiger partial charge in [0.25, 0.3) is 0 Å². The largest absolute Gasteiger partial charge is 0.391 e. The molecule has 1 aliphatic rings. The zero-order valence-corrected chi connectivity index (χ0v) is 9.09. The highest BCUT2D eigenvalue weighted by molar-refractivity contribution is 7.11. The molecule has 1 fully saturated rings. The summed E-state index contributed by atoms with van der Waals surface area (Å²) in [4.78, 5) is 5.22. The van der Waals surface area contributed by atoms with Crippen LogP contribution in [0.5, 0.6) is 0 Å². The second-order valence-corrected chi connectivity index (χ2v) is 4.68. The lowest BCUT2D eigenvalue weighted by atomic mass is 10.2. The van der Waals surface area contributed by atoms with Crippen molar-refractivity contribution in [2.45, 2.75) is 32.5 Å². The first-order valence-electron chi connectivity index (χ1n) is 5.02. The molecule has 1 aromatic rings. The summed E-state index contributed by atoms with van der Waals surface area (Å²) in [6.45, 7) is 2.83. The van der Waals surface area contributed by atoms with E-state index in [9.17, 15) is 0 Å². The van der Waals surface area contributed by atoms with E-state index in [-0.39, 0.29) is 12.7 Å². The van der Waals surface area contributed by atoms with Crippen LogP contribution < -0.4 is 0 Å². The molecule has 0 saturated heterocycles. The summed E-state index contributed by atoms with van der Waals surface area (Å²) in [7, 11) is 0. The molecule has 1 atom stereocenters. The van der Waals surface area contributed by atoms with Gasteiger partial charge in [0, 0.05) is 12.8 Å². The maximum Gasteiger partial charge on any atom is 0.122 e. The third kappa shape index (κ3) is 2.13. The molecule has 2 rings (SSSR count). The van der Waals surface area contributed by atoms with Crippen LogP contribution in [0.1, 0.15) is 35.8 Å². The quantitative estimate of drug-likeness (QED) is 0.814. The summed E-state index contributed by atoms with van der Waals surface area (Å²) in [6, 6.07) is 0. The fraction of sp³-hybridized carbons (Fsp3) is 0.700. The molecule has 0 aliphatic heterocycles. The number of nitrogens with zero attached hydrogens (tertiary/aromatic N) is 1. The zero-order chi connectivity index (χ0) is 9.97. The molecule has 1 unspecified atom stereocenters. The van der Waals surface area contributed by atoms with Gasteiger partial charge in [0.2, 0.25) is 0 Å². The molecule has 0 amide bonds. The predicted octanol–water partition coefficient (Wildman–Crippen LogP) is 2.12. The van der Waals surface area contributed by atoms with Crippen molar-refractivity contribution in [3.8, 4) is 0 Å². The third-order valence-electron chi connectivity index (χ3n) is 2.37. The number of ether oxygens (including phenoxy) is 1. The number of aromatic nitrogens is 1. The highest BCUT2D eigenvalue weighted by Crippen LogP contribution is 2.44. The van der Waals surface area contributed by atoms with Crippen LogP contribution in [0.15, 0.2) is 6.20 Å². The van der Waals surface area contributed by atoms with E-state index in [2.05, 4.69) is 4.98 Å². The lowest BCUT2D eigenvalue weighted by Gasteiger charge is -2.12. The first kappa shape index (κ1) is 10.1. The number of hydrogen-bond donors (Lipinski definition) is 1. The molecule has 4 heteroatoms. The molecule has 14 heavy (non-hydrogen) atoms. The van der Waals surface area contributed by atoms with E-state index in [1.54, 1.807) is 17.5 Å². The molecule has 0 radical (unpaired) electrons. The van der Waals surface area contributed by atoms with Gasteiger partial charge < -0.3 is 9.84 Å². The van der Waals surface area contributed by atoms with Gasteiger partial charge in [-0.25, -0.2) is 4.98 Å². The summed E-state index contributed by atoms with van der Waals surface area (Å²) in [6.07, 6.45) is 4.41. The molecule has 78 valence electrons. The summed E-state index contributed by atoms with van der Waals surface area (Å²) in [5.74, 6) is 0.660. The molecular weight excluding hydrogens is 198 g/mol. The van der Waals surface area contributed by atoms with Crippen molar-refractivity contribution < 1.29 is 9.84 Å². The Morgan fingerprint density at radius 3 is 3.00 bits per heavy atom. The smallest absolute Gasteiger partial charge is 0.122 e. The number of rotatable bonds is 5. The van der Waals surface area contributed by atoms with Crippen LogP contribution in [0.4, 0.5) is 0 Å². The van der Waals surface area contributed by atoms with E-state index >= 15 is 0 Å². The third-order valence-corrected chi connectivity index (χ3v) is 3.41. The van der Waals surface area contributed by atoms with Crippen LogP contribution in [0.25, 0.3) is 0 Å². The van der Waals surface area contributed by atoms with E-state index in [0.717, 1.165) is 16.5 Å². The van der Waals surface area contributed by atoms with Crippen molar-refractivity contribution >= 4 is 11.3 Å². The van der Waals surface area contributed by atoms with Gasteiger partial charge in [-0.15, -0.1) is 11.3 Å². The lowest BCUT2D eigenvalue weighted by Crippen LogP contribution is -2.05. The minimum absolute atomic E-state index is 0.0845. The van der Waals surface area contributed by atoms with Gasteiger partial charge in [0.1, 0.15) is 11.1 Å². The first-order chi connectivity index (χ1) is 6.85. The Labute approximate surface area is 87.7 Å². The molecular formula is C10H15NO2S. The Bertz CT molecular complexity index is 296. The fourth-order valence-electron chi connectivity index (χ4n) is 1.51. The summed E-state index contributed by atoms with van der Waals surface area (Å²) < 4.78 is 5.68.